The number of Topliss-reactive ketones (excluding diaryl/α,β-unsaturated/α-hetero) is 1. The molecule has 1 heterocycles. The van der Waals surface area contributed by atoms with Gasteiger partial charge in [0.2, 0.25) is 5.82 Å². The van der Waals surface area contributed by atoms with Gasteiger partial charge in [-0.3, -0.25) is 4.79 Å². The highest BCUT2D eigenvalue weighted by atomic mass is 127. The predicted molar refractivity (Wildman–Crippen MR) is 159 cm³/mol. The summed E-state index contributed by atoms with van der Waals surface area (Å²) >= 11 is 2.44. The molecule has 3 aromatic rings. The Labute approximate surface area is 260 Å². The Morgan fingerprint density at radius 1 is 1.02 bits per heavy atom. The summed E-state index contributed by atoms with van der Waals surface area (Å²) in [5, 5.41) is 9.90. The molecular formula is C32H32F5IO5. The highest BCUT2D eigenvalue weighted by Crippen LogP contribution is 2.40. The highest BCUT2D eigenvalue weighted by Gasteiger charge is 2.42. The molecule has 1 aliphatic rings. The van der Waals surface area contributed by atoms with Gasteiger partial charge in [-0.15, -0.1) is 0 Å². The van der Waals surface area contributed by atoms with Gasteiger partial charge in [-0.1, -0.05) is 67.1 Å². The van der Waals surface area contributed by atoms with Crippen LogP contribution in [0.2, 0.25) is 0 Å². The number of ketones is 1. The highest BCUT2D eigenvalue weighted by molar-refractivity contribution is 14.1. The number of hydrogen-bond acceptors (Lipinski definition) is 5. The fraction of sp³-hybridized carbons (Fsp3) is 0.406. The minimum Gasteiger partial charge on any atom is -0.504 e. The lowest BCUT2D eigenvalue weighted by molar-refractivity contribution is -0.201. The number of ether oxygens (including phenoxy) is 3. The van der Waals surface area contributed by atoms with E-state index >= 15 is 0 Å². The molecule has 1 aliphatic heterocycles. The summed E-state index contributed by atoms with van der Waals surface area (Å²) < 4.78 is 90.6. The summed E-state index contributed by atoms with van der Waals surface area (Å²) in [5.74, 6) is -7.50. The molecule has 4 rings (SSSR count). The summed E-state index contributed by atoms with van der Waals surface area (Å²) in [4.78, 5) is 11.8. The van der Waals surface area contributed by atoms with Crippen LogP contribution in [0, 0.1) is 23.4 Å². The molecular weight excluding hydrogens is 686 g/mol. The summed E-state index contributed by atoms with van der Waals surface area (Å²) in [6.45, 7) is 4.92. The number of rotatable bonds is 12. The SMILES string of the molecule is CCCC(I)C1COC(CCc2ccc(-c3cc(F)c(C(F)(F)Oc4ccc(C(=O)CC)c(O)c4F)c(F)c3)cc2)OC1. The molecule has 5 nitrogen and oxygen atoms in total. The van der Waals surface area contributed by atoms with Crippen LogP contribution in [0.3, 0.4) is 0 Å². The lowest BCUT2D eigenvalue weighted by Crippen LogP contribution is -2.36. The first-order valence-electron chi connectivity index (χ1n) is 14.0. The van der Waals surface area contributed by atoms with E-state index in [1.165, 1.54) is 6.92 Å². The number of aryl methyl sites for hydroxylation is 1. The van der Waals surface area contributed by atoms with Gasteiger partial charge >= 0.3 is 6.11 Å². The van der Waals surface area contributed by atoms with Gasteiger partial charge in [-0.05, 0) is 53.8 Å². The van der Waals surface area contributed by atoms with E-state index in [9.17, 15) is 31.9 Å². The van der Waals surface area contributed by atoms with E-state index in [4.69, 9.17) is 9.47 Å². The second-order valence-electron chi connectivity index (χ2n) is 10.4. The second-order valence-corrected chi connectivity index (χ2v) is 12.0. The molecule has 0 saturated carbocycles. The first kappa shape index (κ1) is 33.1. The third kappa shape index (κ3) is 7.85. The number of carbonyl (C=O) groups is 1. The maximum absolute atomic E-state index is 14.9. The van der Waals surface area contributed by atoms with Crippen LogP contribution in [0.1, 0.15) is 61.0 Å². The number of alkyl halides is 3. The average Bonchev–Trinajstić information content (AvgIpc) is 2.98. The van der Waals surface area contributed by atoms with Gasteiger partial charge in [0.1, 0.15) is 17.2 Å². The number of aromatic hydroxyl groups is 1. The molecule has 1 atom stereocenters. The summed E-state index contributed by atoms with van der Waals surface area (Å²) in [6, 6.07) is 9.85. The van der Waals surface area contributed by atoms with Gasteiger partial charge in [-0.2, -0.15) is 13.2 Å². The van der Waals surface area contributed by atoms with Crippen molar-refractivity contribution in [2.45, 2.75) is 62.3 Å². The number of phenols is 1. The number of carbonyl (C=O) groups excluding carboxylic acids is 1. The van der Waals surface area contributed by atoms with Gasteiger partial charge in [0.05, 0.1) is 18.8 Å². The number of benzene rings is 3. The first-order chi connectivity index (χ1) is 20.4. The van der Waals surface area contributed by atoms with Crippen molar-refractivity contribution in [1.82, 2.24) is 0 Å². The molecule has 0 aromatic heterocycles. The minimum atomic E-state index is -4.64. The summed E-state index contributed by atoms with van der Waals surface area (Å²) in [7, 11) is 0. The van der Waals surface area contributed by atoms with Gasteiger partial charge in [0, 0.05) is 22.7 Å². The van der Waals surface area contributed by atoms with Gasteiger partial charge < -0.3 is 19.3 Å². The average molecular weight is 718 g/mol. The molecule has 43 heavy (non-hydrogen) atoms. The number of phenolic OH excluding ortho intramolecular Hbond substituents is 1. The maximum Gasteiger partial charge on any atom is 0.432 e. The van der Waals surface area contributed by atoms with E-state index in [-0.39, 0.29) is 18.3 Å². The third-order valence-corrected chi connectivity index (χ3v) is 8.94. The van der Waals surface area contributed by atoms with E-state index in [0.29, 0.717) is 47.5 Å². The lowest BCUT2D eigenvalue weighted by Gasteiger charge is -2.32. The molecule has 1 unspecified atom stereocenters. The zero-order valence-electron chi connectivity index (χ0n) is 23.6. The Bertz CT molecular complexity index is 1400. The second kappa shape index (κ2) is 14.3. The van der Waals surface area contributed by atoms with Crippen molar-refractivity contribution in [3.05, 3.63) is 82.7 Å². The number of hydrogen-bond donors (Lipinski definition) is 1. The fourth-order valence-corrected chi connectivity index (χ4v) is 5.88. The van der Waals surface area contributed by atoms with Crippen molar-refractivity contribution in [3.8, 4) is 22.6 Å². The quantitative estimate of drug-likeness (QED) is 0.0879. The van der Waals surface area contributed by atoms with Gasteiger partial charge in [0.25, 0.3) is 0 Å². The minimum absolute atomic E-state index is 0.0118. The lowest BCUT2D eigenvalue weighted by atomic mass is 9.99. The van der Waals surface area contributed by atoms with Crippen LogP contribution in [0.5, 0.6) is 11.5 Å². The zero-order chi connectivity index (χ0) is 31.3. The van der Waals surface area contributed by atoms with Crippen molar-refractivity contribution < 1.29 is 46.1 Å². The molecule has 1 N–H and O–H groups in total. The molecule has 0 bridgehead atoms. The van der Waals surface area contributed by atoms with Crippen molar-refractivity contribution in [2.24, 2.45) is 5.92 Å². The van der Waals surface area contributed by atoms with Crippen LogP contribution in [0.4, 0.5) is 22.0 Å². The molecule has 0 amide bonds. The fourth-order valence-electron chi connectivity index (χ4n) is 4.84. The van der Waals surface area contributed by atoms with Crippen LogP contribution >= 0.6 is 22.6 Å². The topological polar surface area (TPSA) is 65.0 Å². The Balaban J connectivity index is 1.42. The molecule has 232 valence electrons. The molecule has 0 spiro atoms. The predicted octanol–water partition coefficient (Wildman–Crippen LogP) is 8.72. The van der Waals surface area contributed by atoms with E-state index in [1.807, 2.05) is 0 Å². The van der Waals surface area contributed by atoms with E-state index in [2.05, 4.69) is 34.3 Å². The normalized spacial score (nSPS) is 18.0. The molecule has 0 radical (unpaired) electrons. The zero-order valence-corrected chi connectivity index (χ0v) is 25.8. The Morgan fingerprint density at radius 2 is 1.65 bits per heavy atom. The van der Waals surface area contributed by atoms with E-state index in [1.54, 1.807) is 24.3 Å². The van der Waals surface area contributed by atoms with E-state index < -0.39 is 52.0 Å². The Morgan fingerprint density at radius 3 is 2.23 bits per heavy atom. The van der Waals surface area contributed by atoms with Crippen molar-refractivity contribution in [1.29, 1.82) is 0 Å². The van der Waals surface area contributed by atoms with Crippen LogP contribution in [0.15, 0.2) is 48.5 Å². The van der Waals surface area contributed by atoms with Crippen molar-refractivity contribution in [2.75, 3.05) is 13.2 Å². The van der Waals surface area contributed by atoms with Crippen molar-refractivity contribution in [3.63, 3.8) is 0 Å². The summed E-state index contributed by atoms with van der Waals surface area (Å²) in [6.07, 6.45) is -1.52. The maximum atomic E-state index is 14.9. The van der Waals surface area contributed by atoms with Crippen molar-refractivity contribution >= 4 is 28.4 Å². The smallest absolute Gasteiger partial charge is 0.432 e. The first-order valence-corrected chi connectivity index (χ1v) is 15.3. The monoisotopic (exact) mass is 718 g/mol. The molecule has 3 aromatic carbocycles. The van der Waals surface area contributed by atoms with Crippen LogP contribution < -0.4 is 4.74 Å². The molecule has 11 heteroatoms. The van der Waals surface area contributed by atoms with Crippen LogP contribution in [0.25, 0.3) is 11.1 Å². The Hall–Kier alpha value is -2.77. The number of halogens is 6. The molecule has 0 aliphatic carbocycles. The third-order valence-electron chi connectivity index (χ3n) is 7.30. The van der Waals surface area contributed by atoms with Gasteiger partial charge in [0.15, 0.2) is 23.6 Å². The standard InChI is InChI=1S/C32H32F5IO5/c1-3-5-25(38)21-16-41-28(42-17-21)13-8-18-6-9-19(10-7-18)20-14-23(33)29(24(34)15-20)32(36,37)43-27-12-11-22(26(39)4-2)31(40)30(27)35/h6-7,9-12,14-15,21,25,28,40H,3-5,8,13,16-17H2,1-2H3. The van der Waals surface area contributed by atoms with Crippen LogP contribution in [-0.2, 0) is 22.0 Å². The van der Waals surface area contributed by atoms with Gasteiger partial charge in [-0.25, -0.2) is 8.78 Å². The van der Waals surface area contributed by atoms with Crippen LogP contribution in [-0.4, -0.2) is 34.3 Å². The largest absolute Gasteiger partial charge is 0.504 e. The molecule has 1 saturated heterocycles. The molecule has 1 fully saturated rings. The van der Waals surface area contributed by atoms with E-state index in [0.717, 1.165) is 36.6 Å². The summed E-state index contributed by atoms with van der Waals surface area (Å²) in [5.41, 5.74) is -0.812. The Kier molecular flexibility index (Phi) is 11.0.